The van der Waals surface area contributed by atoms with Crippen molar-refractivity contribution >= 4 is 11.7 Å². The van der Waals surface area contributed by atoms with Crippen molar-refractivity contribution < 1.29 is 14.3 Å². The molecular formula is C16H16FNO2. The van der Waals surface area contributed by atoms with Gasteiger partial charge in [-0.05, 0) is 35.7 Å². The van der Waals surface area contributed by atoms with E-state index in [1.54, 1.807) is 6.07 Å². The molecule has 0 atom stereocenters. The Bertz CT molecular complexity index is 626. The number of anilines is 1. The second-order valence-corrected chi connectivity index (χ2v) is 4.48. The molecule has 0 saturated heterocycles. The Balaban J connectivity index is 2.11. The average Bonchev–Trinajstić information content (AvgIpc) is 2.45. The Morgan fingerprint density at radius 3 is 2.50 bits per heavy atom. The predicted molar refractivity (Wildman–Crippen MR) is 76.5 cm³/mol. The molecule has 0 bridgehead atoms. The van der Waals surface area contributed by atoms with Crippen molar-refractivity contribution in [2.24, 2.45) is 0 Å². The lowest BCUT2D eigenvalue weighted by Gasteiger charge is -2.10. The van der Waals surface area contributed by atoms with Crippen LogP contribution in [0.3, 0.4) is 0 Å². The number of carboxylic acids is 1. The highest BCUT2D eigenvalue weighted by atomic mass is 19.1. The van der Waals surface area contributed by atoms with Crippen LogP contribution in [-0.4, -0.2) is 11.1 Å². The first-order valence-corrected chi connectivity index (χ1v) is 6.45. The van der Waals surface area contributed by atoms with Crippen LogP contribution in [-0.2, 0) is 13.0 Å². The van der Waals surface area contributed by atoms with Crippen LogP contribution in [0.15, 0.2) is 42.5 Å². The fourth-order valence-electron chi connectivity index (χ4n) is 2.07. The Morgan fingerprint density at radius 1 is 1.20 bits per heavy atom. The lowest BCUT2D eigenvalue weighted by molar-refractivity contribution is 0.0692. The predicted octanol–water partition coefficient (Wildman–Crippen LogP) is 3.70. The summed E-state index contributed by atoms with van der Waals surface area (Å²) in [6, 6.07) is 12.1. The van der Waals surface area contributed by atoms with Crippen molar-refractivity contribution in [2.45, 2.75) is 19.9 Å². The molecule has 0 radical (unpaired) electrons. The maximum atomic E-state index is 13.6. The van der Waals surface area contributed by atoms with Gasteiger partial charge in [0.1, 0.15) is 5.82 Å². The minimum atomic E-state index is -1.26. The van der Waals surface area contributed by atoms with Crippen LogP contribution in [0.5, 0.6) is 0 Å². The number of aryl methyl sites for hydroxylation is 1. The summed E-state index contributed by atoms with van der Waals surface area (Å²) in [7, 11) is 0. The zero-order valence-corrected chi connectivity index (χ0v) is 11.2. The maximum Gasteiger partial charge on any atom is 0.338 e. The van der Waals surface area contributed by atoms with Gasteiger partial charge in [-0.1, -0.05) is 31.2 Å². The molecule has 4 heteroatoms. The fraction of sp³-hybridized carbons (Fsp3) is 0.188. The van der Waals surface area contributed by atoms with Gasteiger partial charge in [0.05, 0.1) is 5.56 Å². The molecule has 0 aromatic heterocycles. The van der Waals surface area contributed by atoms with Gasteiger partial charge in [-0.3, -0.25) is 0 Å². The van der Waals surface area contributed by atoms with Crippen LogP contribution < -0.4 is 5.32 Å². The molecule has 3 nitrogen and oxygen atoms in total. The number of rotatable bonds is 5. The molecule has 0 fully saturated rings. The standard InChI is InChI=1S/C16H16FNO2/c1-2-11-5-3-4-6-12(11)10-18-13-7-8-14(16(19)20)15(17)9-13/h3-9,18H,2,10H2,1H3,(H,19,20). The molecule has 0 spiro atoms. The van der Waals surface area contributed by atoms with E-state index >= 15 is 0 Å². The highest BCUT2D eigenvalue weighted by Crippen LogP contribution is 2.17. The van der Waals surface area contributed by atoms with Gasteiger partial charge in [-0.15, -0.1) is 0 Å². The van der Waals surface area contributed by atoms with Gasteiger partial charge in [0.2, 0.25) is 0 Å². The highest BCUT2D eigenvalue weighted by molar-refractivity contribution is 5.88. The fourth-order valence-corrected chi connectivity index (χ4v) is 2.07. The number of hydrogen-bond acceptors (Lipinski definition) is 2. The summed E-state index contributed by atoms with van der Waals surface area (Å²) in [5, 5.41) is 11.9. The van der Waals surface area contributed by atoms with E-state index in [0.717, 1.165) is 12.0 Å². The van der Waals surface area contributed by atoms with E-state index in [1.807, 2.05) is 18.2 Å². The first-order valence-electron chi connectivity index (χ1n) is 6.45. The molecule has 2 N–H and O–H groups in total. The zero-order valence-electron chi connectivity index (χ0n) is 11.2. The van der Waals surface area contributed by atoms with Crippen LogP contribution in [0.25, 0.3) is 0 Å². The van der Waals surface area contributed by atoms with Crippen LogP contribution in [0.2, 0.25) is 0 Å². The van der Waals surface area contributed by atoms with Crippen molar-refractivity contribution in [1.29, 1.82) is 0 Å². The lowest BCUT2D eigenvalue weighted by Crippen LogP contribution is -2.05. The number of hydrogen-bond donors (Lipinski definition) is 2. The van der Waals surface area contributed by atoms with Crippen molar-refractivity contribution in [3.8, 4) is 0 Å². The Labute approximate surface area is 117 Å². The van der Waals surface area contributed by atoms with Gasteiger partial charge in [-0.25, -0.2) is 9.18 Å². The van der Waals surface area contributed by atoms with E-state index in [9.17, 15) is 9.18 Å². The van der Waals surface area contributed by atoms with E-state index in [1.165, 1.54) is 17.7 Å². The summed E-state index contributed by atoms with van der Waals surface area (Å²) < 4.78 is 13.6. The van der Waals surface area contributed by atoms with Crippen LogP contribution >= 0.6 is 0 Å². The number of halogens is 1. The first-order chi connectivity index (χ1) is 9.61. The molecule has 0 aliphatic rings. The van der Waals surface area contributed by atoms with E-state index in [4.69, 9.17) is 5.11 Å². The van der Waals surface area contributed by atoms with Gasteiger partial charge in [0, 0.05) is 12.2 Å². The molecule has 0 aliphatic heterocycles. The molecule has 104 valence electrons. The molecule has 0 heterocycles. The molecule has 0 aliphatic carbocycles. The second-order valence-electron chi connectivity index (χ2n) is 4.48. The van der Waals surface area contributed by atoms with Gasteiger partial charge in [0.15, 0.2) is 0 Å². The average molecular weight is 273 g/mol. The zero-order chi connectivity index (χ0) is 14.5. The Hall–Kier alpha value is -2.36. The molecule has 2 aromatic rings. The number of nitrogens with one attached hydrogen (secondary N) is 1. The SMILES string of the molecule is CCc1ccccc1CNc1ccc(C(=O)O)c(F)c1. The topological polar surface area (TPSA) is 49.3 Å². The van der Waals surface area contributed by atoms with Gasteiger partial charge >= 0.3 is 5.97 Å². The largest absolute Gasteiger partial charge is 0.478 e. The van der Waals surface area contributed by atoms with Gasteiger partial charge in [0.25, 0.3) is 0 Å². The van der Waals surface area contributed by atoms with Gasteiger partial charge < -0.3 is 10.4 Å². The number of carboxylic acid groups (broad SMARTS) is 1. The van der Waals surface area contributed by atoms with Crippen molar-refractivity contribution in [1.82, 2.24) is 0 Å². The molecule has 0 unspecified atom stereocenters. The minimum absolute atomic E-state index is 0.315. The third kappa shape index (κ3) is 3.15. The van der Waals surface area contributed by atoms with Crippen molar-refractivity contribution in [2.75, 3.05) is 5.32 Å². The quantitative estimate of drug-likeness (QED) is 0.873. The van der Waals surface area contributed by atoms with Crippen LogP contribution in [0.1, 0.15) is 28.4 Å². The van der Waals surface area contributed by atoms with E-state index in [0.29, 0.717) is 12.2 Å². The number of benzene rings is 2. The minimum Gasteiger partial charge on any atom is -0.478 e. The van der Waals surface area contributed by atoms with Crippen molar-refractivity contribution in [3.05, 3.63) is 65.0 Å². The second kappa shape index (κ2) is 6.19. The molecule has 0 saturated carbocycles. The Morgan fingerprint density at radius 2 is 1.90 bits per heavy atom. The summed E-state index contributed by atoms with van der Waals surface area (Å²) in [6.07, 6.45) is 0.935. The van der Waals surface area contributed by atoms with E-state index in [2.05, 4.69) is 18.3 Å². The third-order valence-electron chi connectivity index (χ3n) is 3.18. The van der Waals surface area contributed by atoms with Crippen LogP contribution in [0, 0.1) is 5.82 Å². The van der Waals surface area contributed by atoms with E-state index < -0.39 is 11.8 Å². The van der Waals surface area contributed by atoms with E-state index in [-0.39, 0.29) is 5.56 Å². The molecule has 2 rings (SSSR count). The summed E-state index contributed by atoms with van der Waals surface area (Å²) in [6.45, 7) is 2.66. The molecule has 20 heavy (non-hydrogen) atoms. The Kier molecular flexibility index (Phi) is 4.35. The monoisotopic (exact) mass is 273 g/mol. The molecule has 2 aromatic carbocycles. The number of aromatic carboxylic acids is 1. The summed E-state index contributed by atoms with van der Waals surface area (Å²) in [4.78, 5) is 10.7. The van der Waals surface area contributed by atoms with Crippen LogP contribution in [0.4, 0.5) is 10.1 Å². The summed E-state index contributed by atoms with van der Waals surface area (Å²) in [5.41, 5.74) is 2.64. The highest BCUT2D eigenvalue weighted by Gasteiger charge is 2.10. The summed E-state index contributed by atoms with van der Waals surface area (Å²) in [5.74, 6) is -1.99. The maximum absolute atomic E-state index is 13.6. The molecule has 0 amide bonds. The first kappa shape index (κ1) is 14.1. The lowest BCUT2D eigenvalue weighted by atomic mass is 10.1. The summed E-state index contributed by atoms with van der Waals surface area (Å²) >= 11 is 0. The smallest absolute Gasteiger partial charge is 0.338 e. The van der Waals surface area contributed by atoms with Crippen molar-refractivity contribution in [3.63, 3.8) is 0 Å². The number of carbonyl (C=O) groups is 1. The normalized spacial score (nSPS) is 10.3. The van der Waals surface area contributed by atoms with Gasteiger partial charge in [-0.2, -0.15) is 0 Å². The molecular weight excluding hydrogens is 257 g/mol. The third-order valence-corrected chi connectivity index (χ3v) is 3.18.